The molecule has 0 bridgehead atoms. The number of aliphatic carboxylic acids is 1. The molecule has 0 saturated carbocycles. The maximum Gasteiger partial charge on any atom is 0.412 e. The van der Waals surface area contributed by atoms with E-state index in [4.69, 9.17) is 20.9 Å². The number of carboxylic acid groups (broad SMARTS) is 1. The molecule has 0 aliphatic heterocycles. The number of carbonyl (C=O) groups is 2. The van der Waals surface area contributed by atoms with Gasteiger partial charge in [0, 0.05) is 17.1 Å². The van der Waals surface area contributed by atoms with Crippen molar-refractivity contribution < 1.29 is 24.0 Å². The summed E-state index contributed by atoms with van der Waals surface area (Å²) >= 11 is 5.92. The Balaban J connectivity index is 1.38. The topological polar surface area (TPSA) is 114 Å². The predicted octanol–water partition coefficient (Wildman–Crippen LogP) is 6.40. The van der Waals surface area contributed by atoms with E-state index in [0.717, 1.165) is 16.7 Å². The Hall–Kier alpha value is -4.14. The molecule has 8 nitrogen and oxygen atoms in total. The molecule has 0 aliphatic carbocycles. The van der Waals surface area contributed by atoms with E-state index in [0.29, 0.717) is 40.7 Å². The van der Waals surface area contributed by atoms with E-state index in [2.05, 4.69) is 15.8 Å². The van der Waals surface area contributed by atoms with Crippen molar-refractivity contribution >= 4 is 29.4 Å². The first-order valence-corrected chi connectivity index (χ1v) is 12.5. The quantitative estimate of drug-likeness (QED) is 0.216. The zero-order valence-corrected chi connectivity index (χ0v) is 21.7. The van der Waals surface area contributed by atoms with E-state index < -0.39 is 24.2 Å². The van der Waals surface area contributed by atoms with E-state index in [1.807, 2.05) is 66.7 Å². The summed E-state index contributed by atoms with van der Waals surface area (Å²) < 4.78 is 11.0. The molecule has 3 aromatic carbocycles. The van der Waals surface area contributed by atoms with Crippen LogP contribution in [0, 0.1) is 6.92 Å². The fourth-order valence-corrected chi connectivity index (χ4v) is 4.04. The third kappa shape index (κ3) is 7.00. The summed E-state index contributed by atoms with van der Waals surface area (Å²) in [6.07, 6.45) is -0.716. The molecule has 1 amide bonds. The lowest BCUT2D eigenvalue weighted by Crippen LogP contribution is -2.38. The zero-order chi connectivity index (χ0) is 27.1. The van der Waals surface area contributed by atoms with Gasteiger partial charge in [-0.3, -0.25) is 10.1 Å². The Morgan fingerprint density at radius 1 is 1.00 bits per heavy atom. The lowest BCUT2D eigenvalue weighted by Gasteiger charge is -2.15. The van der Waals surface area contributed by atoms with Crippen LogP contribution in [0.4, 0.5) is 10.5 Å². The number of hydrogen-bond acceptors (Lipinski definition) is 6. The molecule has 9 heteroatoms. The Labute approximate surface area is 225 Å². The van der Waals surface area contributed by atoms with Gasteiger partial charge in [0.2, 0.25) is 0 Å². The number of anilines is 1. The average Bonchev–Trinajstić information content (AvgIpc) is 3.27. The van der Waals surface area contributed by atoms with Crippen LogP contribution in [0.3, 0.4) is 0 Å². The van der Waals surface area contributed by atoms with Gasteiger partial charge in [0.1, 0.15) is 23.5 Å². The monoisotopic (exact) mass is 533 g/mol. The molecular weight excluding hydrogens is 506 g/mol. The van der Waals surface area contributed by atoms with Crippen molar-refractivity contribution in [3.63, 3.8) is 0 Å². The number of carbonyl (C=O) groups excluding carboxylic acids is 1. The molecule has 196 valence electrons. The maximum atomic E-state index is 12.6. The molecule has 1 aromatic heterocycles. The van der Waals surface area contributed by atoms with E-state index in [9.17, 15) is 14.7 Å². The zero-order valence-electron chi connectivity index (χ0n) is 21.0. The number of nitrogens with one attached hydrogen (secondary N) is 2. The van der Waals surface area contributed by atoms with Gasteiger partial charge >= 0.3 is 12.1 Å². The Morgan fingerprint density at radius 3 is 2.32 bits per heavy atom. The Morgan fingerprint density at radius 2 is 1.66 bits per heavy atom. The van der Waals surface area contributed by atoms with Crippen LogP contribution in [0.5, 0.6) is 0 Å². The van der Waals surface area contributed by atoms with Gasteiger partial charge in [-0.1, -0.05) is 83.5 Å². The fraction of sp³-hybridized carbons (Fsp3) is 0.207. The number of rotatable bonds is 10. The molecular formula is C29H28ClN3O5. The molecule has 2 unspecified atom stereocenters. The summed E-state index contributed by atoms with van der Waals surface area (Å²) in [5.74, 6) is -0.532. The lowest BCUT2D eigenvalue weighted by molar-refractivity contribution is -0.139. The van der Waals surface area contributed by atoms with Crippen LogP contribution in [-0.4, -0.2) is 28.4 Å². The van der Waals surface area contributed by atoms with E-state index in [1.54, 1.807) is 26.0 Å². The highest BCUT2D eigenvalue weighted by Gasteiger charge is 2.21. The predicted molar refractivity (Wildman–Crippen MR) is 145 cm³/mol. The van der Waals surface area contributed by atoms with Crippen LogP contribution in [-0.2, 0) is 22.5 Å². The summed E-state index contributed by atoms with van der Waals surface area (Å²) in [5, 5.41) is 20.1. The molecule has 0 fully saturated rings. The first-order chi connectivity index (χ1) is 18.3. The van der Waals surface area contributed by atoms with Gasteiger partial charge in [0.05, 0.1) is 0 Å². The molecule has 0 aliphatic rings. The van der Waals surface area contributed by atoms with Crippen molar-refractivity contribution in [2.45, 2.75) is 39.0 Å². The van der Waals surface area contributed by atoms with Gasteiger partial charge in [-0.15, -0.1) is 0 Å². The fourth-order valence-electron chi connectivity index (χ4n) is 3.92. The molecule has 38 heavy (non-hydrogen) atoms. The number of nitrogens with zero attached hydrogens (tertiary/aromatic N) is 1. The highest BCUT2D eigenvalue weighted by atomic mass is 35.5. The summed E-state index contributed by atoms with van der Waals surface area (Å²) in [5.41, 5.74) is 4.29. The molecule has 4 rings (SSSR count). The number of aromatic nitrogens is 1. The highest BCUT2D eigenvalue weighted by Crippen LogP contribution is 2.31. The first kappa shape index (κ1) is 26.9. The van der Waals surface area contributed by atoms with Crippen LogP contribution in [0.25, 0.3) is 11.3 Å². The van der Waals surface area contributed by atoms with Gasteiger partial charge in [0.15, 0.2) is 5.76 Å². The molecule has 0 spiro atoms. The van der Waals surface area contributed by atoms with Crippen LogP contribution in [0.1, 0.15) is 35.4 Å². The lowest BCUT2D eigenvalue weighted by atomic mass is 10.0. The first-order valence-electron chi connectivity index (χ1n) is 12.1. The summed E-state index contributed by atoms with van der Waals surface area (Å²) in [7, 11) is 0. The molecule has 4 aromatic rings. The maximum absolute atomic E-state index is 12.6. The second-order valence-corrected chi connectivity index (χ2v) is 9.29. The van der Waals surface area contributed by atoms with Crippen molar-refractivity contribution in [2.75, 3.05) is 5.32 Å². The van der Waals surface area contributed by atoms with Gasteiger partial charge in [0.25, 0.3) is 0 Å². The van der Waals surface area contributed by atoms with Gasteiger partial charge < -0.3 is 19.7 Å². The van der Waals surface area contributed by atoms with E-state index in [-0.39, 0.29) is 0 Å². The van der Waals surface area contributed by atoms with Crippen LogP contribution in [0.15, 0.2) is 83.4 Å². The molecule has 0 saturated heterocycles. The number of amides is 1. The third-order valence-corrected chi connectivity index (χ3v) is 6.31. The average molecular weight is 534 g/mol. The van der Waals surface area contributed by atoms with Crippen molar-refractivity contribution in [3.8, 4) is 11.3 Å². The number of carboxylic acids is 1. The number of halogens is 1. The SMILES string of the molecule is Cc1noc(-c2ccc(CNC(Cc3ccc(Cl)cc3)C(=O)O)cc2)c1NC(=O)OC(C)c1ccccc1. The summed E-state index contributed by atoms with van der Waals surface area (Å²) in [6, 6.07) is 23.2. The highest BCUT2D eigenvalue weighted by molar-refractivity contribution is 6.30. The number of benzene rings is 3. The Kier molecular flexibility index (Phi) is 8.78. The minimum atomic E-state index is -0.933. The second-order valence-electron chi connectivity index (χ2n) is 8.85. The number of aryl methyl sites for hydroxylation is 1. The van der Waals surface area contributed by atoms with Gasteiger partial charge in [-0.05, 0) is 49.1 Å². The largest absolute Gasteiger partial charge is 0.480 e. The van der Waals surface area contributed by atoms with Crippen molar-refractivity contribution in [2.24, 2.45) is 0 Å². The van der Waals surface area contributed by atoms with E-state index in [1.165, 1.54) is 0 Å². The van der Waals surface area contributed by atoms with Crippen LogP contribution < -0.4 is 10.6 Å². The van der Waals surface area contributed by atoms with E-state index >= 15 is 0 Å². The summed E-state index contributed by atoms with van der Waals surface area (Å²) in [6.45, 7) is 3.89. The van der Waals surface area contributed by atoms with Crippen molar-refractivity contribution in [3.05, 3.63) is 106 Å². The number of hydrogen-bond donors (Lipinski definition) is 3. The molecule has 2 atom stereocenters. The minimum absolute atomic E-state index is 0.329. The van der Waals surface area contributed by atoms with Crippen molar-refractivity contribution in [1.82, 2.24) is 10.5 Å². The smallest absolute Gasteiger partial charge is 0.412 e. The Bertz CT molecular complexity index is 1370. The summed E-state index contributed by atoms with van der Waals surface area (Å²) in [4.78, 5) is 24.3. The standard InChI is InChI=1S/C29H28ClN3O5/c1-18-26(32-29(36)37-19(2)22-6-4-3-5-7-22)27(38-33-18)23-12-8-21(9-13-23)17-31-25(28(34)35)16-20-10-14-24(30)15-11-20/h3-15,19,25,31H,16-17H2,1-2H3,(H,32,36)(H,34,35). The van der Waals surface area contributed by atoms with Crippen LogP contribution in [0.2, 0.25) is 5.02 Å². The third-order valence-electron chi connectivity index (χ3n) is 6.06. The van der Waals surface area contributed by atoms with Gasteiger partial charge in [-0.25, -0.2) is 4.79 Å². The molecule has 1 heterocycles. The van der Waals surface area contributed by atoms with Crippen LogP contribution >= 0.6 is 11.6 Å². The van der Waals surface area contributed by atoms with Gasteiger partial charge in [-0.2, -0.15) is 0 Å². The minimum Gasteiger partial charge on any atom is -0.480 e. The molecule has 3 N–H and O–H groups in total. The van der Waals surface area contributed by atoms with Crippen molar-refractivity contribution in [1.29, 1.82) is 0 Å². The second kappa shape index (κ2) is 12.4. The molecule has 0 radical (unpaired) electrons. The number of ether oxygens (including phenoxy) is 1. The normalized spacial score (nSPS) is 12.5.